The highest BCUT2D eigenvalue weighted by atomic mass is 16.6. The zero-order chi connectivity index (χ0) is 14.4. The summed E-state index contributed by atoms with van der Waals surface area (Å²) in [5.74, 6) is 1.64. The average Bonchev–Trinajstić information content (AvgIpc) is 2.21. The van der Waals surface area contributed by atoms with Gasteiger partial charge in [0.25, 0.3) is 0 Å². The predicted octanol–water partition coefficient (Wildman–Crippen LogP) is 0.438. The second-order valence-corrected chi connectivity index (χ2v) is 4.79. The summed E-state index contributed by atoms with van der Waals surface area (Å²) in [5.41, 5.74) is -2.17. The lowest BCUT2D eigenvalue weighted by Crippen LogP contribution is -2.55. The van der Waals surface area contributed by atoms with Gasteiger partial charge in [-0.25, -0.2) is 4.79 Å². The maximum Gasteiger partial charge on any atom is 0.409 e. The third-order valence-corrected chi connectivity index (χ3v) is 1.81. The molecule has 1 atom stereocenters. The molecule has 6 heteroatoms. The van der Waals surface area contributed by atoms with Gasteiger partial charge in [0, 0.05) is 6.92 Å². The summed E-state index contributed by atoms with van der Waals surface area (Å²) in [5, 5.41) is 11.5. The Morgan fingerprint density at radius 1 is 1.39 bits per heavy atom. The molecule has 0 aliphatic heterocycles. The number of terminal acetylenes is 1. The van der Waals surface area contributed by atoms with E-state index < -0.39 is 29.8 Å². The Morgan fingerprint density at radius 3 is 2.28 bits per heavy atom. The van der Waals surface area contributed by atoms with Gasteiger partial charge in [0.05, 0.1) is 6.61 Å². The molecule has 0 aromatic rings. The molecule has 1 unspecified atom stereocenters. The monoisotopic (exact) mass is 257 g/mol. The molecular weight excluding hydrogens is 238 g/mol. The number of alkyl carbamates (subject to hydrolysis) is 1. The van der Waals surface area contributed by atoms with Crippen molar-refractivity contribution in [2.24, 2.45) is 0 Å². The Hall–Kier alpha value is -1.74. The summed E-state index contributed by atoms with van der Waals surface area (Å²) in [6.45, 7) is 5.37. The van der Waals surface area contributed by atoms with Crippen molar-refractivity contribution in [2.75, 3.05) is 13.2 Å². The predicted molar refractivity (Wildman–Crippen MR) is 64.7 cm³/mol. The highest BCUT2D eigenvalue weighted by Crippen LogP contribution is 2.10. The smallest absolute Gasteiger partial charge is 0.409 e. The molecule has 0 radical (unpaired) electrons. The molecule has 1 amide bonds. The van der Waals surface area contributed by atoms with Crippen molar-refractivity contribution < 1.29 is 24.2 Å². The number of ether oxygens (including phenoxy) is 2. The Bertz CT molecular complexity index is 352. The molecule has 0 spiro atoms. The van der Waals surface area contributed by atoms with E-state index in [0.717, 1.165) is 0 Å². The van der Waals surface area contributed by atoms with Crippen molar-refractivity contribution in [1.82, 2.24) is 5.32 Å². The zero-order valence-electron chi connectivity index (χ0n) is 11.1. The summed E-state index contributed by atoms with van der Waals surface area (Å²) in [4.78, 5) is 22.3. The highest BCUT2D eigenvalue weighted by Gasteiger charge is 2.32. The molecule has 0 bridgehead atoms. The lowest BCUT2D eigenvalue weighted by atomic mass is 10.0. The summed E-state index contributed by atoms with van der Waals surface area (Å²) < 4.78 is 9.71. The van der Waals surface area contributed by atoms with E-state index in [9.17, 15) is 14.7 Å². The molecule has 6 nitrogen and oxygen atoms in total. The van der Waals surface area contributed by atoms with Crippen LogP contribution in [0.3, 0.4) is 0 Å². The number of aliphatic hydroxyl groups excluding tert-OH is 1. The molecule has 102 valence electrons. The fraction of sp³-hybridized carbons (Fsp3) is 0.667. The second-order valence-electron chi connectivity index (χ2n) is 4.79. The number of esters is 1. The fourth-order valence-electron chi connectivity index (χ4n) is 0.968. The molecular formula is C12H19NO5. The van der Waals surface area contributed by atoms with Crippen molar-refractivity contribution in [2.45, 2.75) is 38.8 Å². The van der Waals surface area contributed by atoms with Gasteiger partial charge >= 0.3 is 12.1 Å². The van der Waals surface area contributed by atoms with Crippen molar-refractivity contribution >= 4 is 12.1 Å². The van der Waals surface area contributed by atoms with E-state index in [1.807, 2.05) is 0 Å². The topological polar surface area (TPSA) is 84.9 Å². The molecule has 0 heterocycles. The molecule has 0 aliphatic carbocycles. The quantitative estimate of drug-likeness (QED) is 0.564. The van der Waals surface area contributed by atoms with Crippen molar-refractivity contribution in [3.63, 3.8) is 0 Å². The van der Waals surface area contributed by atoms with E-state index in [0.29, 0.717) is 0 Å². The van der Waals surface area contributed by atoms with E-state index in [1.54, 1.807) is 20.8 Å². The van der Waals surface area contributed by atoms with Crippen molar-refractivity contribution in [3.05, 3.63) is 0 Å². The van der Waals surface area contributed by atoms with Crippen LogP contribution >= 0.6 is 0 Å². The van der Waals surface area contributed by atoms with Crippen molar-refractivity contribution in [1.29, 1.82) is 0 Å². The van der Waals surface area contributed by atoms with Crippen LogP contribution in [-0.2, 0) is 14.3 Å². The minimum Gasteiger partial charge on any atom is -0.462 e. The molecule has 0 saturated carbocycles. The Balaban J connectivity index is 4.66. The van der Waals surface area contributed by atoms with E-state index in [2.05, 4.69) is 11.2 Å². The Kier molecular flexibility index (Phi) is 5.66. The van der Waals surface area contributed by atoms with E-state index in [1.165, 1.54) is 6.92 Å². The van der Waals surface area contributed by atoms with Crippen LogP contribution in [0.15, 0.2) is 0 Å². The zero-order valence-corrected chi connectivity index (χ0v) is 11.1. The van der Waals surface area contributed by atoms with Crippen LogP contribution in [0, 0.1) is 12.3 Å². The molecule has 0 saturated heterocycles. The number of carbonyl (C=O) groups excluding carboxylic acids is 2. The van der Waals surface area contributed by atoms with Gasteiger partial charge in [-0.1, -0.05) is 5.92 Å². The van der Waals surface area contributed by atoms with Crippen LogP contribution in [-0.4, -0.2) is 41.5 Å². The van der Waals surface area contributed by atoms with Crippen LogP contribution in [0.4, 0.5) is 4.79 Å². The van der Waals surface area contributed by atoms with Crippen molar-refractivity contribution in [3.8, 4) is 12.3 Å². The maximum atomic E-state index is 11.6. The molecule has 2 N–H and O–H groups in total. The normalized spacial score (nSPS) is 14.0. The lowest BCUT2D eigenvalue weighted by Gasteiger charge is -2.28. The van der Waals surface area contributed by atoms with Crippen LogP contribution in [0.25, 0.3) is 0 Å². The number of carbonyl (C=O) groups is 2. The van der Waals surface area contributed by atoms with Crippen LogP contribution in [0.2, 0.25) is 0 Å². The van der Waals surface area contributed by atoms with E-state index in [-0.39, 0.29) is 6.61 Å². The van der Waals surface area contributed by atoms with Gasteiger partial charge in [-0.2, -0.15) is 0 Å². The molecule has 0 aromatic heterocycles. The van der Waals surface area contributed by atoms with Crippen LogP contribution in [0.5, 0.6) is 0 Å². The number of hydrogen-bond donors (Lipinski definition) is 2. The summed E-state index contributed by atoms with van der Waals surface area (Å²) in [7, 11) is 0. The number of aliphatic hydroxyl groups is 1. The third-order valence-electron chi connectivity index (χ3n) is 1.81. The molecule has 0 aliphatic rings. The first-order valence-electron chi connectivity index (χ1n) is 5.37. The minimum atomic E-state index is -1.48. The SMILES string of the molecule is C#CC(CO)(COC(C)=O)NC(=O)OC(C)(C)C. The van der Waals surface area contributed by atoms with E-state index in [4.69, 9.17) is 15.9 Å². The van der Waals surface area contributed by atoms with Crippen LogP contribution in [0.1, 0.15) is 27.7 Å². The number of amides is 1. The standard InChI is InChI=1S/C12H19NO5/c1-6-12(7-14,8-17-9(2)15)13-10(16)18-11(3,4)5/h1,14H,7-8H2,2-5H3,(H,13,16). The van der Waals surface area contributed by atoms with Gasteiger partial charge in [0.2, 0.25) is 0 Å². The summed E-state index contributed by atoms with van der Waals surface area (Å²) in [6.07, 6.45) is 4.45. The summed E-state index contributed by atoms with van der Waals surface area (Å²) >= 11 is 0. The fourth-order valence-corrected chi connectivity index (χ4v) is 0.968. The van der Waals surface area contributed by atoms with Gasteiger partial charge < -0.3 is 14.6 Å². The second kappa shape index (κ2) is 6.26. The minimum absolute atomic E-state index is 0.325. The average molecular weight is 257 g/mol. The first kappa shape index (κ1) is 16.3. The number of hydrogen-bond acceptors (Lipinski definition) is 5. The molecule has 0 rings (SSSR count). The van der Waals surface area contributed by atoms with Crippen LogP contribution < -0.4 is 5.32 Å². The van der Waals surface area contributed by atoms with E-state index >= 15 is 0 Å². The van der Waals surface area contributed by atoms with Gasteiger partial charge in [-0.05, 0) is 20.8 Å². The van der Waals surface area contributed by atoms with Gasteiger partial charge in [0.15, 0.2) is 5.54 Å². The highest BCUT2D eigenvalue weighted by molar-refractivity contribution is 5.70. The number of rotatable bonds is 4. The first-order valence-corrected chi connectivity index (χ1v) is 5.37. The van der Waals surface area contributed by atoms with Gasteiger partial charge in [0.1, 0.15) is 12.2 Å². The maximum absolute atomic E-state index is 11.6. The van der Waals surface area contributed by atoms with Gasteiger partial charge in [-0.3, -0.25) is 10.1 Å². The summed E-state index contributed by atoms with van der Waals surface area (Å²) in [6, 6.07) is 0. The first-order chi connectivity index (χ1) is 8.14. The molecule has 0 aromatic carbocycles. The molecule has 0 fully saturated rings. The Morgan fingerprint density at radius 2 is 1.94 bits per heavy atom. The van der Waals surface area contributed by atoms with Gasteiger partial charge in [-0.15, -0.1) is 6.42 Å². The molecule has 18 heavy (non-hydrogen) atoms. The third kappa shape index (κ3) is 6.11. The Labute approximate surface area is 107 Å². The number of nitrogens with one attached hydrogen (secondary N) is 1. The largest absolute Gasteiger partial charge is 0.462 e. The lowest BCUT2D eigenvalue weighted by molar-refractivity contribution is -0.142.